The number of likely N-dealkylation sites (tertiary alicyclic amines) is 1. The summed E-state index contributed by atoms with van der Waals surface area (Å²) < 4.78 is 5.92. The van der Waals surface area contributed by atoms with E-state index >= 15 is 0 Å². The second-order valence-corrected chi connectivity index (χ2v) is 7.62. The molecule has 1 spiro atoms. The molecule has 0 saturated carbocycles. The molecular weight excluding hydrogens is 330 g/mol. The minimum Gasteiger partial charge on any atom is -0.379 e. The van der Waals surface area contributed by atoms with Gasteiger partial charge in [0.15, 0.2) is 0 Å². The number of amides is 1. The molecule has 3 heterocycles. The van der Waals surface area contributed by atoms with E-state index in [4.69, 9.17) is 10.00 Å². The summed E-state index contributed by atoms with van der Waals surface area (Å²) in [6, 6.07) is 7.64. The molecule has 2 aliphatic rings. The third-order valence-corrected chi connectivity index (χ3v) is 5.08. The first-order valence-electron chi connectivity index (χ1n) is 9.14. The SMILES string of the molecule is CN(C)CC(=O)N1CCC[C@@]2(COCCN(c3cccc(C#N)n3)C2)C1. The number of likely N-dealkylation sites (N-methyl/N-ethyl adjacent to an activating group) is 1. The van der Waals surface area contributed by atoms with Crippen molar-refractivity contribution in [2.45, 2.75) is 12.8 Å². The number of piperidine rings is 1. The molecule has 0 radical (unpaired) electrons. The molecule has 2 fully saturated rings. The third-order valence-electron chi connectivity index (χ3n) is 5.08. The summed E-state index contributed by atoms with van der Waals surface area (Å²) >= 11 is 0. The van der Waals surface area contributed by atoms with Gasteiger partial charge in [0.2, 0.25) is 5.91 Å². The van der Waals surface area contributed by atoms with Gasteiger partial charge in [-0.2, -0.15) is 5.26 Å². The van der Waals surface area contributed by atoms with Crippen molar-refractivity contribution in [2.24, 2.45) is 5.41 Å². The molecule has 2 saturated heterocycles. The smallest absolute Gasteiger partial charge is 0.236 e. The topological polar surface area (TPSA) is 72.7 Å². The van der Waals surface area contributed by atoms with Crippen molar-refractivity contribution >= 4 is 11.7 Å². The highest BCUT2D eigenvalue weighted by atomic mass is 16.5. The lowest BCUT2D eigenvalue weighted by Crippen LogP contribution is -2.53. The van der Waals surface area contributed by atoms with Crippen LogP contribution in [0, 0.1) is 16.7 Å². The van der Waals surface area contributed by atoms with Gasteiger partial charge >= 0.3 is 0 Å². The molecule has 0 aliphatic carbocycles. The minimum atomic E-state index is -0.0823. The number of nitrogens with zero attached hydrogens (tertiary/aromatic N) is 5. The average Bonchev–Trinajstić information content (AvgIpc) is 2.84. The van der Waals surface area contributed by atoms with Gasteiger partial charge in [-0.1, -0.05) is 6.07 Å². The Morgan fingerprint density at radius 3 is 3.00 bits per heavy atom. The average molecular weight is 357 g/mol. The standard InChI is InChI=1S/C19H27N5O2/c1-22(2)12-18(25)24-8-4-7-19(14-24)13-23(9-10-26-15-19)17-6-3-5-16(11-20)21-17/h3,5-6H,4,7-10,12-15H2,1-2H3/t19-/m0/s1. The number of aromatic nitrogens is 1. The molecule has 0 unspecified atom stereocenters. The molecule has 7 heteroatoms. The zero-order valence-electron chi connectivity index (χ0n) is 15.6. The number of nitriles is 1. The fourth-order valence-electron chi connectivity index (χ4n) is 3.89. The van der Waals surface area contributed by atoms with Gasteiger partial charge in [-0.25, -0.2) is 4.98 Å². The summed E-state index contributed by atoms with van der Waals surface area (Å²) in [5.74, 6) is 0.986. The highest BCUT2D eigenvalue weighted by Gasteiger charge is 2.40. The third kappa shape index (κ3) is 4.32. The van der Waals surface area contributed by atoms with Gasteiger partial charge in [0.1, 0.15) is 17.6 Å². The summed E-state index contributed by atoms with van der Waals surface area (Å²) in [6.07, 6.45) is 2.02. The van der Waals surface area contributed by atoms with Crippen molar-refractivity contribution in [1.29, 1.82) is 5.26 Å². The number of carbonyl (C=O) groups is 1. The highest BCUT2D eigenvalue weighted by Crippen LogP contribution is 2.34. The van der Waals surface area contributed by atoms with E-state index in [1.807, 2.05) is 36.0 Å². The number of hydrogen-bond acceptors (Lipinski definition) is 6. The van der Waals surface area contributed by atoms with Crippen LogP contribution >= 0.6 is 0 Å². The van der Waals surface area contributed by atoms with Crippen molar-refractivity contribution in [1.82, 2.24) is 14.8 Å². The molecular formula is C19H27N5O2. The van der Waals surface area contributed by atoms with Crippen LogP contribution in [-0.2, 0) is 9.53 Å². The Hall–Kier alpha value is -2.17. The van der Waals surface area contributed by atoms with Gasteiger partial charge in [0, 0.05) is 31.6 Å². The van der Waals surface area contributed by atoms with E-state index in [1.165, 1.54) is 0 Å². The molecule has 1 aromatic heterocycles. The monoisotopic (exact) mass is 357 g/mol. The van der Waals surface area contributed by atoms with E-state index in [0.717, 1.165) is 38.3 Å². The zero-order valence-corrected chi connectivity index (χ0v) is 15.6. The van der Waals surface area contributed by atoms with E-state index in [-0.39, 0.29) is 11.3 Å². The van der Waals surface area contributed by atoms with E-state index in [1.54, 1.807) is 6.07 Å². The Bertz CT molecular complexity index is 687. The second-order valence-electron chi connectivity index (χ2n) is 7.62. The predicted octanol–water partition coefficient (Wildman–Crippen LogP) is 0.960. The van der Waals surface area contributed by atoms with Crippen LogP contribution in [0.4, 0.5) is 5.82 Å². The maximum atomic E-state index is 12.5. The number of rotatable bonds is 3. The molecule has 26 heavy (non-hydrogen) atoms. The first kappa shape index (κ1) is 18.6. The molecule has 3 rings (SSSR count). The maximum absolute atomic E-state index is 12.5. The number of carbonyl (C=O) groups excluding carboxylic acids is 1. The van der Waals surface area contributed by atoms with E-state index in [2.05, 4.69) is 16.0 Å². The Labute approximate surface area is 155 Å². The second kappa shape index (κ2) is 8.02. The largest absolute Gasteiger partial charge is 0.379 e. The van der Waals surface area contributed by atoms with E-state index in [9.17, 15) is 4.79 Å². The summed E-state index contributed by atoms with van der Waals surface area (Å²) in [5, 5.41) is 9.12. The van der Waals surface area contributed by atoms with Gasteiger partial charge in [0.05, 0.1) is 19.8 Å². The lowest BCUT2D eigenvalue weighted by molar-refractivity contribution is -0.136. The summed E-state index contributed by atoms with van der Waals surface area (Å²) in [4.78, 5) is 23.1. The first-order valence-corrected chi connectivity index (χ1v) is 9.14. The van der Waals surface area contributed by atoms with Gasteiger partial charge in [-0.3, -0.25) is 4.79 Å². The summed E-state index contributed by atoms with van der Waals surface area (Å²) in [5.41, 5.74) is 0.342. The van der Waals surface area contributed by atoms with Crippen molar-refractivity contribution in [2.75, 3.05) is 64.9 Å². The van der Waals surface area contributed by atoms with Crippen LogP contribution in [0.25, 0.3) is 0 Å². The summed E-state index contributed by atoms with van der Waals surface area (Å²) in [7, 11) is 3.84. The molecule has 7 nitrogen and oxygen atoms in total. The first-order chi connectivity index (χ1) is 12.5. The molecule has 140 valence electrons. The molecule has 2 aliphatic heterocycles. The van der Waals surface area contributed by atoms with Gasteiger partial charge in [0.25, 0.3) is 0 Å². The molecule has 0 aromatic carbocycles. The Morgan fingerprint density at radius 1 is 1.38 bits per heavy atom. The van der Waals surface area contributed by atoms with Gasteiger partial charge in [-0.15, -0.1) is 0 Å². The molecule has 1 aromatic rings. The lowest BCUT2D eigenvalue weighted by atomic mass is 9.80. The van der Waals surface area contributed by atoms with Crippen LogP contribution in [-0.4, -0.2) is 80.7 Å². The van der Waals surface area contributed by atoms with Crippen molar-refractivity contribution in [3.05, 3.63) is 23.9 Å². The Morgan fingerprint density at radius 2 is 2.23 bits per heavy atom. The predicted molar refractivity (Wildman–Crippen MR) is 98.8 cm³/mol. The Balaban J connectivity index is 1.77. The number of ether oxygens (including phenoxy) is 1. The van der Waals surface area contributed by atoms with Crippen LogP contribution < -0.4 is 4.90 Å². The molecule has 0 N–H and O–H groups in total. The van der Waals surface area contributed by atoms with Crippen LogP contribution in [0.15, 0.2) is 18.2 Å². The zero-order chi connectivity index (χ0) is 18.6. The van der Waals surface area contributed by atoms with Crippen LogP contribution in [0.2, 0.25) is 0 Å². The number of hydrogen-bond donors (Lipinski definition) is 0. The van der Waals surface area contributed by atoms with Crippen molar-refractivity contribution < 1.29 is 9.53 Å². The number of pyridine rings is 1. The van der Waals surface area contributed by atoms with E-state index in [0.29, 0.717) is 32.0 Å². The highest BCUT2D eigenvalue weighted by molar-refractivity contribution is 5.78. The molecule has 0 bridgehead atoms. The normalized spacial score (nSPS) is 23.8. The van der Waals surface area contributed by atoms with Crippen LogP contribution in [0.5, 0.6) is 0 Å². The van der Waals surface area contributed by atoms with Crippen LogP contribution in [0.3, 0.4) is 0 Å². The van der Waals surface area contributed by atoms with E-state index < -0.39 is 0 Å². The number of anilines is 1. The Kier molecular flexibility index (Phi) is 5.74. The fourth-order valence-corrected chi connectivity index (χ4v) is 3.89. The lowest BCUT2D eigenvalue weighted by Gasteiger charge is -2.44. The molecule has 1 amide bonds. The van der Waals surface area contributed by atoms with Gasteiger partial charge in [-0.05, 0) is 39.1 Å². The van der Waals surface area contributed by atoms with Crippen molar-refractivity contribution in [3.8, 4) is 6.07 Å². The summed E-state index contributed by atoms with van der Waals surface area (Å²) in [6.45, 7) is 4.80. The van der Waals surface area contributed by atoms with Crippen LogP contribution in [0.1, 0.15) is 18.5 Å². The quantitative estimate of drug-likeness (QED) is 0.802. The fraction of sp³-hybridized carbons (Fsp3) is 0.632. The molecule has 1 atom stereocenters. The van der Waals surface area contributed by atoms with Gasteiger partial charge < -0.3 is 19.4 Å². The maximum Gasteiger partial charge on any atom is 0.236 e. The van der Waals surface area contributed by atoms with Crippen molar-refractivity contribution in [3.63, 3.8) is 0 Å². The minimum absolute atomic E-state index is 0.0823.